The second-order valence-corrected chi connectivity index (χ2v) is 4.61. The van der Waals surface area contributed by atoms with E-state index >= 15 is 0 Å². The lowest BCUT2D eigenvalue weighted by Gasteiger charge is -1.99. The van der Waals surface area contributed by atoms with Crippen molar-refractivity contribution in [1.82, 2.24) is 15.1 Å². The van der Waals surface area contributed by atoms with Gasteiger partial charge in [0.15, 0.2) is 0 Å². The third-order valence-electron chi connectivity index (χ3n) is 2.54. The number of rotatable bonds is 4. The molecule has 0 spiro atoms. The third-order valence-corrected chi connectivity index (χ3v) is 3.42. The standard InChI is InChI=1S/C11H15N3OS/c1-12-6-5-8-10(9-4-3-7-16-9)13-14(2)11(8)15/h3-4,7,12-13H,5-6H2,1-2H3. The zero-order valence-corrected chi connectivity index (χ0v) is 10.2. The van der Waals surface area contributed by atoms with E-state index in [4.69, 9.17) is 0 Å². The van der Waals surface area contributed by atoms with Gasteiger partial charge >= 0.3 is 0 Å². The van der Waals surface area contributed by atoms with E-state index in [1.165, 1.54) is 0 Å². The Morgan fingerprint density at radius 1 is 1.56 bits per heavy atom. The van der Waals surface area contributed by atoms with Crippen LogP contribution in [0, 0.1) is 0 Å². The molecule has 0 radical (unpaired) electrons. The summed E-state index contributed by atoms with van der Waals surface area (Å²) in [7, 11) is 3.64. The normalized spacial score (nSPS) is 10.9. The molecule has 0 saturated heterocycles. The lowest BCUT2D eigenvalue weighted by atomic mass is 10.1. The highest BCUT2D eigenvalue weighted by Crippen LogP contribution is 2.24. The second kappa shape index (κ2) is 4.67. The van der Waals surface area contributed by atoms with Crippen LogP contribution in [0.3, 0.4) is 0 Å². The Morgan fingerprint density at radius 3 is 3.00 bits per heavy atom. The number of nitrogens with zero attached hydrogens (tertiary/aromatic N) is 1. The van der Waals surface area contributed by atoms with E-state index < -0.39 is 0 Å². The molecule has 0 bridgehead atoms. The average Bonchev–Trinajstić information content (AvgIpc) is 2.87. The molecule has 0 unspecified atom stereocenters. The number of nitrogens with one attached hydrogen (secondary N) is 2. The van der Waals surface area contributed by atoms with Gasteiger partial charge in [0.2, 0.25) is 0 Å². The van der Waals surface area contributed by atoms with E-state index in [9.17, 15) is 4.79 Å². The number of aromatic nitrogens is 2. The van der Waals surface area contributed by atoms with Crippen LogP contribution in [-0.2, 0) is 13.5 Å². The van der Waals surface area contributed by atoms with Crippen molar-refractivity contribution in [1.29, 1.82) is 0 Å². The number of thiophene rings is 1. The quantitative estimate of drug-likeness (QED) is 0.839. The van der Waals surface area contributed by atoms with E-state index in [0.29, 0.717) is 0 Å². The van der Waals surface area contributed by atoms with Gasteiger partial charge in [0.25, 0.3) is 5.56 Å². The number of aromatic amines is 1. The largest absolute Gasteiger partial charge is 0.319 e. The van der Waals surface area contributed by atoms with Gasteiger partial charge in [-0.1, -0.05) is 6.07 Å². The van der Waals surface area contributed by atoms with E-state index in [-0.39, 0.29) is 5.56 Å². The molecule has 2 N–H and O–H groups in total. The number of hydrogen-bond acceptors (Lipinski definition) is 3. The summed E-state index contributed by atoms with van der Waals surface area (Å²) < 4.78 is 1.54. The summed E-state index contributed by atoms with van der Waals surface area (Å²) in [6, 6.07) is 4.02. The summed E-state index contributed by atoms with van der Waals surface area (Å²) in [6.07, 6.45) is 0.750. The molecule has 16 heavy (non-hydrogen) atoms. The highest BCUT2D eigenvalue weighted by molar-refractivity contribution is 7.13. The summed E-state index contributed by atoms with van der Waals surface area (Å²) >= 11 is 1.64. The molecular weight excluding hydrogens is 222 g/mol. The van der Waals surface area contributed by atoms with E-state index in [1.807, 2.05) is 24.6 Å². The van der Waals surface area contributed by atoms with Crippen LogP contribution in [0.5, 0.6) is 0 Å². The van der Waals surface area contributed by atoms with Gasteiger partial charge in [0, 0.05) is 12.6 Å². The van der Waals surface area contributed by atoms with Crippen LogP contribution in [0.15, 0.2) is 22.3 Å². The average molecular weight is 237 g/mol. The van der Waals surface area contributed by atoms with E-state index in [1.54, 1.807) is 23.1 Å². The first-order chi connectivity index (χ1) is 7.74. The fourth-order valence-corrected chi connectivity index (χ4v) is 2.45. The fourth-order valence-electron chi connectivity index (χ4n) is 1.70. The minimum atomic E-state index is 0.0682. The molecule has 5 heteroatoms. The molecule has 0 amide bonds. The maximum absolute atomic E-state index is 11.9. The van der Waals surface area contributed by atoms with Crippen molar-refractivity contribution >= 4 is 11.3 Å². The first kappa shape index (κ1) is 11.2. The Morgan fingerprint density at radius 2 is 2.38 bits per heavy atom. The molecule has 2 rings (SSSR count). The maximum Gasteiger partial charge on any atom is 0.270 e. The summed E-state index contributed by atoms with van der Waals surface area (Å²) in [4.78, 5) is 13.0. The van der Waals surface area contributed by atoms with Gasteiger partial charge < -0.3 is 5.32 Å². The van der Waals surface area contributed by atoms with Crippen LogP contribution >= 0.6 is 11.3 Å². The summed E-state index contributed by atoms with van der Waals surface area (Å²) in [5.41, 5.74) is 1.88. The predicted octanol–water partition coefficient (Wildman–Crippen LogP) is 1.20. The minimum absolute atomic E-state index is 0.0682. The van der Waals surface area contributed by atoms with Gasteiger partial charge in [0.1, 0.15) is 0 Å². The van der Waals surface area contributed by atoms with Crippen LogP contribution in [-0.4, -0.2) is 23.4 Å². The van der Waals surface area contributed by atoms with Crippen LogP contribution in [0.25, 0.3) is 10.6 Å². The van der Waals surface area contributed by atoms with Crippen molar-refractivity contribution in [2.45, 2.75) is 6.42 Å². The van der Waals surface area contributed by atoms with E-state index in [2.05, 4.69) is 10.4 Å². The van der Waals surface area contributed by atoms with Crippen molar-refractivity contribution in [3.8, 4) is 10.6 Å². The Labute approximate surface area is 97.9 Å². The Balaban J connectivity index is 2.45. The Hall–Kier alpha value is -1.33. The second-order valence-electron chi connectivity index (χ2n) is 3.66. The van der Waals surface area contributed by atoms with Crippen molar-refractivity contribution in [3.05, 3.63) is 33.4 Å². The number of H-pyrrole nitrogens is 1. The summed E-state index contributed by atoms with van der Waals surface area (Å²) in [5.74, 6) is 0. The predicted molar refractivity (Wildman–Crippen MR) is 67.0 cm³/mol. The topological polar surface area (TPSA) is 49.8 Å². The van der Waals surface area contributed by atoms with Gasteiger partial charge in [-0.15, -0.1) is 11.3 Å². The lowest BCUT2D eigenvalue weighted by Crippen LogP contribution is -2.19. The molecule has 0 atom stereocenters. The van der Waals surface area contributed by atoms with Crippen molar-refractivity contribution in [3.63, 3.8) is 0 Å². The molecule has 0 aromatic carbocycles. The molecule has 0 aliphatic carbocycles. The Bertz CT molecular complexity index is 510. The Kier molecular flexibility index (Phi) is 3.26. The molecule has 2 aromatic rings. The summed E-state index contributed by atoms with van der Waals surface area (Å²) in [5, 5.41) is 8.19. The SMILES string of the molecule is CNCCc1c(-c2cccs2)[nH]n(C)c1=O. The molecule has 0 aliphatic rings. The van der Waals surface area contributed by atoms with Crippen molar-refractivity contribution in [2.75, 3.05) is 13.6 Å². The first-order valence-corrected chi connectivity index (χ1v) is 6.08. The molecule has 0 aliphatic heterocycles. The van der Waals surface area contributed by atoms with Crippen molar-refractivity contribution in [2.24, 2.45) is 7.05 Å². The lowest BCUT2D eigenvalue weighted by molar-refractivity contribution is 0.734. The zero-order chi connectivity index (χ0) is 11.5. The smallest absolute Gasteiger partial charge is 0.270 e. The van der Waals surface area contributed by atoms with Crippen LogP contribution < -0.4 is 10.9 Å². The van der Waals surface area contributed by atoms with Crippen LogP contribution in [0.2, 0.25) is 0 Å². The highest BCUT2D eigenvalue weighted by atomic mass is 32.1. The maximum atomic E-state index is 11.9. The third kappa shape index (κ3) is 1.96. The van der Waals surface area contributed by atoms with Crippen LogP contribution in [0.4, 0.5) is 0 Å². The fraction of sp³-hybridized carbons (Fsp3) is 0.364. The van der Waals surface area contributed by atoms with E-state index in [0.717, 1.165) is 29.1 Å². The molecule has 0 fully saturated rings. The number of aryl methyl sites for hydroxylation is 1. The molecule has 2 heterocycles. The minimum Gasteiger partial charge on any atom is -0.319 e. The van der Waals surface area contributed by atoms with Crippen molar-refractivity contribution < 1.29 is 0 Å². The zero-order valence-electron chi connectivity index (χ0n) is 9.41. The summed E-state index contributed by atoms with van der Waals surface area (Å²) in [6.45, 7) is 0.811. The van der Waals surface area contributed by atoms with Crippen LogP contribution in [0.1, 0.15) is 5.56 Å². The van der Waals surface area contributed by atoms with Gasteiger partial charge in [-0.3, -0.25) is 14.6 Å². The monoisotopic (exact) mass is 237 g/mol. The van der Waals surface area contributed by atoms with Gasteiger partial charge in [-0.2, -0.15) is 0 Å². The molecule has 2 aromatic heterocycles. The highest BCUT2D eigenvalue weighted by Gasteiger charge is 2.13. The van der Waals surface area contributed by atoms with Gasteiger partial charge in [0.05, 0.1) is 10.6 Å². The molecule has 4 nitrogen and oxygen atoms in total. The molecule has 0 saturated carbocycles. The van der Waals surface area contributed by atoms with Gasteiger partial charge in [-0.25, -0.2) is 0 Å². The number of likely N-dealkylation sites (N-methyl/N-ethyl adjacent to an activating group) is 1. The number of hydrogen-bond donors (Lipinski definition) is 2. The van der Waals surface area contributed by atoms with Gasteiger partial charge in [-0.05, 0) is 31.5 Å². The molecular formula is C11H15N3OS. The first-order valence-electron chi connectivity index (χ1n) is 5.20. The molecule has 86 valence electrons.